The number of rotatable bonds is 4. The molecule has 0 atom stereocenters. The molecule has 3 aromatic rings. The number of carbonyl (C=O) groups is 1. The van der Waals surface area contributed by atoms with Gasteiger partial charge in [0.1, 0.15) is 5.56 Å². The monoisotopic (exact) mass is 424 g/mol. The highest BCUT2D eigenvalue weighted by Gasteiger charge is 2.29. The lowest BCUT2D eigenvalue weighted by Gasteiger charge is -2.17. The first-order valence-electron chi connectivity index (χ1n) is 9.82. The van der Waals surface area contributed by atoms with E-state index in [9.17, 15) is 14.7 Å². The van der Waals surface area contributed by atoms with E-state index in [1.807, 2.05) is 10.6 Å². The normalized spacial score (nSPS) is 17.3. The first kappa shape index (κ1) is 18.9. The molecule has 0 amide bonds. The van der Waals surface area contributed by atoms with Gasteiger partial charge in [-0.25, -0.2) is 4.79 Å². The van der Waals surface area contributed by atoms with Crippen molar-refractivity contribution in [3.05, 3.63) is 50.6 Å². The molecular formula is C22H20N2O5S. The summed E-state index contributed by atoms with van der Waals surface area (Å²) < 4.78 is 7.69. The lowest BCUT2D eigenvalue weighted by atomic mass is 9.96. The summed E-state index contributed by atoms with van der Waals surface area (Å²) in [5.41, 5.74) is 2.84. The molecule has 0 saturated heterocycles. The van der Waals surface area contributed by atoms with E-state index >= 15 is 0 Å². The minimum Gasteiger partial charge on any atom is -0.494 e. The van der Waals surface area contributed by atoms with Crippen LogP contribution < -0.4 is 10.2 Å². The second kappa shape index (κ2) is 6.98. The van der Waals surface area contributed by atoms with Crippen LogP contribution >= 0.6 is 11.3 Å². The van der Waals surface area contributed by atoms with Crippen LogP contribution in [0.1, 0.15) is 46.1 Å². The fourth-order valence-electron chi connectivity index (χ4n) is 4.21. The quantitative estimate of drug-likeness (QED) is 0.485. The highest BCUT2D eigenvalue weighted by atomic mass is 32.1. The van der Waals surface area contributed by atoms with Crippen molar-refractivity contribution >= 4 is 33.9 Å². The zero-order chi connectivity index (χ0) is 21.0. The van der Waals surface area contributed by atoms with Gasteiger partial charge in [-0.15, -0.1) is 11.3 Å². The van der Waals surface area contributed by atoms with Crippen molar-refractivity contribution in [2.45, 2.75) is 38.1 Å². The molecule has 2 aliphatic carbocycles. The Bertz CT molecular complexity index is 1280. The van der Waals surface area contributed by atoms with Crippen molar-refractivity contribution in [1.29, 1.82) is 0 Å². The number of aromatic carboxylic acids is 1. The minimum atomic E-state index is -1.22. The van der Waals surface area contributed by atoms with Crippen LogP contribution in [0.2, 0.25) is 0 Å². The number of ether oxygens (including phenoxy) is 1. The number of hydrogen-bond acceptors (Lipinski definition) is 6. The van der Waals surface area contributed by atoms with Gasteiger partial charge in [-0.05, 0) is 49.4 Å². The molecule has 1 aromatic carbocycles. The Morgan fingerprint density at radius 2 is 2.10 bits per heavy atom. The van der Waals surface area contributed by atoms with Gasteiger partial charge in [-0.1, -0.05) is 5.16 Å². The van der Waals surface area contributed by atoms with Crippen LogP contribution in [0.25, 0.3) is 21.3 Å². The van der Waals surface area contributed by atoms with E-state index in [-0.39, 0.29) is 11.6 Å². The maximum Gasteiger partial charge on any atom is 0.341 e. The summed E-state index contributed by atoms with van der Waals surface area (Å²) >= 11 is 1.63. The van der Waals surface area contributed by atoms with Gasteiger partial charge in [0.2, 0.25) is 5.43 Å². The van der Waals surface area contributed by atoms with Crippen molar-refractivity contribution in [2.75, 3.05) is 7.11 Å². The first-order valence-corrected chi connectivity index (χ1v) is 10.6. The molecule has 0 spiro atoms. The Labute approximate surface area is 175 Å². The van der Waals surface area contributed by atoms with Gasteiger partial charge in [0, 0.05) is 34.0 Å². The Kier molecular flexibility index (Phi) is 4.39. The summed E-state index contributed by atoms with van der Waals surface area (Å²) in [7, 11) is 1.58. The molecule has 2 heterocycles. The third kappa shape index (κ3) is 2.90. The van der Waals surface area contributed by atoms with Gasteiger partial charge in [0.15, 0.2) is 5.75 Å². The predicted octanol–water partition coefficient (Wildman–Crippen LogP) is 4.09. The van der Waals surface area contributed by atoms with Crippen LogP contribution in [0.15, 0.2) is 34.3 Å². The Hall–Kier alpha value is -3.13. The van der Waals surface area contributed by atoms with Crippen molar-refractivity contribution in [3.8, 4) is 16.2 Å². The smallest absolute Gasteiger partial charge is 0.341 e. The third-order valence-corrected chi connectivity index (χ3v) is 7.08. The summed E-state index contributed by atoms with van der Waals surface area (Å²) in [6, 6.07) is 5.86. The van der Waals surface area contributed by atoms with Crippen LogP contribution in [0.4, 0.5) is 0 Å². The van der Waals surface area contributed by atoms with Gasteiger partial charge in [0.05, 0.1) is 23.7 Å². The molecule has 0 aliphatic heterocycles. The number of aromatic nitrogens is 1. The number of fused-ring (bicyclic) bond motifs is 2. The van der Waals surface area contributed by atoms with E-state index in [2.05, 4.69) is 11.2 Å². The SMILES string of the molecule is COc1c(-c2cc3c(s2)C/C(=N\O)CC3)ccc2c(=O)c(C(=O)O)cn(C3CC3)c12. The van der Waals surface area contributed by atoms with Crippen molar-refractivity contribution < 1.29 is 19.8 Å². The summed E-state index contributed by atoms with van der Waals surface area (Å²) in [6.07, 6.45) is 5.56. The fraction of sp³-hybridized carbons (Fsp3) is 0.318. The Morgan fingerprint density at radius 1 is 1.30 bits per heavy atom. The van der Waals surface area contributed by atoms with Crippen LogP contribution in [0.3, 0.4) is 0 Å². The van der Waals surface area contributed by atoms with Gasteiger partial charge in [0.25, 0.3) is 0 Å². The highest BCUT2D eigenvalue weighted by Crippen LogP contribution is 2.45. The molecule has 8 heteroatoms. The predicted molar refractivity (Wildman–Crippen MR) is 115 cm³/mol. The molecule has 5 rings (SSSR count). The number of aryl methyl sites for hydroxylation is 1. The van der Waals surface area contributed by atoms with E-state index in [4.69, 9.17) is 9.94 Å². The highest BCUT2D eigenvalue weighted by molar-refractivity contribution is 7.15. The summed E-state index contributed by atoms with van der Waals surface area (Å²) in [4.78, 5) is 26.6. The minimum absolute atomic E-state index is 0.176. The maximum absolute atomic E-state index is 12.8. The molecule has 2 aliphatic rings. The second-order valence-corrected chi connectivity index (χ2v) is 8.90. The molecule has 2 aromatic heterocycles. The molecule has 1 saturated carbocycles. The summed E-state index contributed by atoms with van der Waals surface area (Å²) in [5.74, 6) is -0.630. The standard InChI is InChI=1S/C22H20N2O5S/c1-29-21-14(18-8-11-2-3-12(23-28)9-17(11)30-18)6-7-15-19(21)24(13-4-5-13)10-16(20(15)25)22(26)27/h6-8,10,13,28H,2-5,9H2,1H3,(H,26,27)/b23-12-. The van der Waals surface area contributed by atoms with Gasteiger partial charge in [-0.3, -0.25) is 4.79 Å². The third-order valence-electron chi connectivity index (χ3n) is 5.87. The number of carboxylic acid groups (broad SMARTS) is 1. The van der Waals surface area contributed by atoms with Crippen molar-refractivity contribution in [3.63, 3.8) is 0 Å². The molecule has 0 unspecified atom stereocenters. The van der Waals surface area contributed by atoms with Crippen LogP contribution in [-0.4, -0.2) is 33.7 Å². The summed E-state index contributed by atoms with van der Waals surface area (Å²) in [6.45, 7) is 0. The van der Waals surface area contributed by atoms with Crippen molar-refractivity contribution in [2.24, 2.45) is 5.16 Å². The number of thiophene rings is 1. The molecule has 0 radical (unpaired) electrons. The molecule has 7 nitrogen and oxygen atoms in total. The number of oxime groups is 1. The van der Waals surface area contributed by atoms with Gasteiger partial charge in [-0.2, -0.15) is 0 Å². The lowest BCUT2D eigenvalue weighted by Crippen LogP contribution is -2.19. The van der Waals surface area contributed by atoms with E-state index in [0.29, 0.717) is 23.1 Å². The lowest BCUT2D eigenvalue weighted by molar-refractivity contribution is 0.0695. The molecule has 30 heavy (non-hydrogen) atoms. The Balaban J connectivity index is 1.75. The number of nitrogens with zero attached hydrogens (tertiary/aromatic N) is 2. The van der Waals surface area contributed by atoms with E-state index in [1.165, 1.54) is 16.6 Å². The first-order chi connectivity index (χ1) is 14.5. The second-order valence-electron chi connectivity index (χ2n) is 7.76. The summed E-state index contributed by atoms with van der Waals surface area (Å²) in [5, 5.41) is 22.3. The molecule has 2 N–H and O–H groups in total. The molecule has 0 bridgehead atoms. The molecule has 154 valence electrons. The molecule has 1 fully saturated rings. The number of benzene rings is 1. The zero-order valence-corrected chi connectivity index (χ0v) is 17.2. The van der Waals surface area contributed by atoms with E-state index in [1.54, 1.807) is 24.5 Å². The zero-order valence-electron chi connectivity index (χ0n) is 16.3. The number of methoxy groups -OCH3 is 1. The number of hydrogen-bond donors (Lipinski definition) is 2. The van der Waals surface area contributed by atoms with Crippen LogP contribution in [0, 0.1) is 0 Å². The topological polar surface area (TPSA) is 101 Å². The van der Waals surface area contributed by atoms with Gasteiger partial charge < -0.3 is 19.6 Å². The average Bonchev–Trinajstić information content (AvgIpc) is 3.50. The van der Waals surface area contributed by atoms with Crippen molar-refractivity contribution in [1.82, 2.24) is 4.57 Å². The average molecular weight is 424 g/mol. The maximum atomic E-state index is 12.8. The van der Waals surface area contributed by atoms with Crippen LogP contribution in [0.5, 0.6) is 5.75 Å². The number of pyridine rings is 1. The number of carboxylic acids is 1. The van der Waals surface area contributed by atoms with Crippen LogP contribution in [-0.2, 0) is 12.8 Å². The molecular weight excluding hydrogens is 404 g/mol. The van der Waals surface area contributed by atoms with E-state index in [0.717, 1.165) is 41.8 Å². The van der Waals surface area contributed by atoms with E-state index < -0.39 is 11.4 Å². The fourth-order valence-corrected chi connectivity index (χ4v) is 5.48. The van der Waals surface area contributed by atoms with Gasteiger partial charge >= 0.3 is 5.97 Å². The Morgan fingerprint density at radius 3 is 2.77 bits per heavy atom. The largest absolute Gasteiger partial charge is 0.494 e.